The first kappa shape index (κ1) is 25.1. The van der Waals surface area contributed by atoms with Crippen LogP contribution in [0.4, 0.5) is 11.5 Å². The monoisotopic (exact) mass is 482 g/mol. The van der Waals surface area contributed by atoms with E-state index in [0.29, 0.717) is 11.5 Å². The molecule has 0 aliphatic carbocycles. The molecule has 3 rings (SSSR count). The van der Waals surface area contributed by atoms with Crippen molar-refractivity contribution in [1.82, 2.24) is 9.55 Å². The third kappa shape index (κ3) is 6.28. The van der Waals surface area contributed by atoms with Crippen molar-refractivity contribution in [2.45, 2.75) is 13.5 Å². The molecule has 0 atom stereocenters. The molecular weight excluding hydrogens is 456 g/mol. The Hall–Kier alpha value is -4.54. The highest BCUT2D eigenvalue weighted by Gasteiger charge is 2.24. The van der Waals surface area contributed by atoms with Gasteiger partial charge in [-0.25, -0.2) is 9.59 Å². The van der Waals surface area contributed by atoms with E-state index in [9.17, 15) is 19.2 Å². The standard InChI is InChI=1S/C24H26N4O7/c1-3-27(19(29)14-35-20(30)15-34-18-11-9-17(33-2)10-12-18)21-22(25)28(24(32)26-23(21)31)13-16-7-5-4-6-8-16/h4-12H,3,13-15,25H2,1-2H3,(H,26,31,32). The average Bonchev–Trinajstić information content (AvgIpc) is 2.87. The van der Waals surface area contributed by atoms with E-state index < -0.39 is 36.3 Å². The molecule has 0 fully saturated rings. The minimum atomic E-state index is -0.818. The van der Waals surface area contributed by atoms with Crippen LogP contribution in [0.5, 0.6) is 11.5 Å². The number of anilines is 2. The van der Waals surface area contributed by atoms with E-state index in [2.05, 4.69) is 4.98 Å². The number of benzene rings is 2. The third-order valence-electron chi connectivity index (χ3n) is 5.06. The largest absolute Gasteiger partial charge is 0.497 e. The fourth-order valence-corrected chi connectivity index (χ4v) is 3.30. The molecular formula is C24H26N4O7. The second-order valence-electron chi connectivity index (χ2n) is 7.33. The van der Waals surface area contributed by atoms with Crippen molar-refractivity contribution < 1.29 is 23.8 Å². The van der Waals surface area contributed by atoms with Crippen LogP contribution < -0.4 is 31.4 Å². The Balaban J connectivity index is 1.68. The van der Waals surface area contributed by atoms with Gasteiger partial charge in [-0.1, -0.05) is 30.3 Å². The van der Waals surface area contributed by atoms with Crippen LogP contribution >= 0.6 is 0 Å². The van der Waals surface area contributed by atoms with E-state index in [1.165, 1.54) is 7.11 Å². The number of H-pyrrole nitrogens is 1. The van der Waals surface area contributed by atoms with Gasteiger partial charge < -0.3 is 24.8 Å². The second kappa shape index (κ2) is 11.5. The Morgan fingerprint density at radius 3 is 2.29 bits per heavy atom. The van der Waals surface area contributed by atoms with E-state index in [4.69, 9.17) is 19.9 Å². The Morgan fingerprint density at radius 1 is 1.00 bits per heavy atom. The van der Waals surface area contributed by atoms with Crippen molar-refractivity contribution in [2.75, 3.05) is 37.5 Å². The predicted octanol–water partition coefficient (Wildman–Crippen LogP) is 1.15. The van der Waals surface area contributed by atoms with Crippen molar-refractivity contribution in [1.29, 1.82) is 0 Å². The summed E-state index contributed by atoms with van der Waals surface area (Å²) in [5, 5.41) is 0. The van der Waals surface area contributed by atoms with Gasteiger partial charge in [-0.15, -0.1) is 0 Å². The van der Waals surface area contributed by atoms with Crippen LogP contribution in [0.15, 0.2) is 64.2 Å². The molecule has 0 saturated heterocycles. The van der Waals surface area contributed by atoms with Crippen LogP contribution in [0.2, 0.25) is 0 Å². The number of carbonyl (C=O) groups excluding carboxylic acids is 2. The summed E-state index contributed by atoms with van der Waals surface area (Å²) in [5.41, 5.74) is 5.21. The van der Waals surface area contributed by atoms with Crippen molar-refractivity contribution >= 4 is 23.4 Å². The Morgan fingerprint density at radius 2 is 1.66 bits per heavy atom. The van der Waals surface area contributed by atoms with Crippen molar-refractivity contribution in [3.05, 3.63) is 81.0 Å². The molecule has 184 valence electrons. The number of hydrogen-bond donors (Lipinski definition) is 2. The Kier molecular flexibility index (Phi) is 8.28. The van der Waals surface area contributed by atoms with Gasteiger partial charge in [-0.2, -0.15) is 0 Å². The first-order valence-electron chi connectivity index (χ1n) is 10.7. The maximum absolute atomic E-state index is 12.8. The van der Waals surface area contributed by atoms with Gasteiger partial charge in [0.1, 0.15) is 17.3 Å². The minimum absolute atomic E-state index is 0.0511. The average molecular weight is 482 g/mol. The number of ether oxygens (including phenoxy) is 3. The number of aromatic amines is 1. The summed E-state index contributed by atoms with van der Waals surface area (Å²) in [6.07, 6.45) is 0. The summed E-state index contributed by atoms with van der Waals surface area (Å²) in [5.74, 6) is -0.584. The van der Waals surface area contributed by atoms with E-state index in [1.807, 2.05) is 6.07 Å². The lowest BCUT2D eigenvalue weighted by atomic mass is 10.2. The highest BCUT2D eigenvalue weighted by atomic mass is 16.6. The molecule has 0 aliphatic rings. The normalized spacial score (nSPS) is 10.5. The topological polar surface area (TPSA) is 146 Å². The second-order valence-corrected chi connectivity index (χ2v) is 7.33. The van der Waals surface area contributed by atoms with Gasteiger partial charge in [0.25, 0.3) is 11.5 Å². The quantitative estimate of drug-likeness (QED) is 0.409. The zero-order valence-electron chi connectivity index (χ0n) is 19.4. The molecule has 1 aromatic heterocycles. The number of amides is 1. The number of nitrogens with one attached hydrogen (secondary N) is 1. The van der Waals surface area contributed by atoms with Crippen LogP contribution in [0.1, 0.15) is 12.5 Å². The molecule has 11 heteroatoms. The molecule has 0 unspecified atom stereocenters. The van der Waals surface area contributed by atoms with Crippen molar-refractivity contribution in [2.24, 2.45) is 0 Å². The highest BCUT2D eigenvalue weighted by molar-refractivity contribution is 5.97. The van der Waals surface area contributed by atoms with Crippen LogP contribution in [-0.2, 0) is 20.9 Å². The molecule has 1 amide bonds. The lowest BCUT2D eigenvalue weighted by molar-refractivity contribution is -0.149. The fourth-order valence-electron chi connectivity index (χ4n) is 3.30. The summed E-state index contributed by atoms with van der Waals surface area (Å²) in [6, 6.07) is 15.6. The number of likely N-dealkylation sites (N-methyl/N-ethyl adjacent to an activating group) is 1. The summed E-state index contributed by atoms with van der Waals surface area (Å²) < 4.78 is 16.5. The molecule has 0 aliphatic heterocycles. The highest BCUT2D eigenvalue weighted by Crippen LogP contribution is 2.18. The number of aromatic nitrogens is 2. The summed E-state index contributed by atoms with van der Waals surface area (Å²) in [6.45, 7) is 0.706. The number of esters is 1. The van der Waals surface area contributed by atoms with Gasteiger partial charge in [-0.05, 0) is 36.8 Å². The van der Waals surface area contributed by atoms with E-state index in [1.54, 1.807) is 55.5 Å². The first-order chi connectivity index (χ1) is 16.8. The number of nitrogens with zero attached hydrogens (tertiary/aromatic N) is 2. The third-order valence-corrected chi connectivity index (χ3v) is 5.06. The van der Waals surface area contributed by atoms with Crippen LogP contribution in [-0.4, -0.2) is 48.3 Å². The summed E-state index contributed by atoms with van der Waals surface area (Å²) >= 11 is 0. The summed E-state index contributed by atoms with van der Waals surface area (Å²) in [4.78, 5) is 53.0. The first-order valence-corrected chi connectivity index (χ1v) is 10.7. The van der Waals surface area contributed by atoms with Gasteiger partial charge in [0.2, 0.25) is 0 Å². The molecule has 3 N–H and O–H groups in total. The van der Waals surface area contributed by atoms with E-state index in [0.717, 1.165) is 15.0 Å². The zero-order valence-corrected chi connectivity index (χ0v) is 19.4. The number of hydrogen-bond acceptors (Lipinski definition) is 8. The Labute approximate surface area is 200 Å². The zero-order chi connectivity index (χ0) is 25.4. The SMILES string of the molecule is CCN(C(=O)COC(=O)COc1ccc(OC)cc1)c1c(N)n(Cc2ccccc2)c(=O)[nH]c1=O. The molecule has 35 heavy (non-hydrogen) atoms. The number of rotatable bonds is 10. The molecule has 0 radical (unpaired) electrons. The van der Waals surface area contributed by atoms with Crippen LogP contribution in [0.25, 0.3) is 0 Å². The summed E-state index contributed by atoms with van der Waals surface area (Å²) in [7, 11) is 1.53. The Bertz CT molecular complexity index is 1280. The predicted molar refractivity (Wildman–Crippen MR) is 129 cm³/mol. The molecule has 11 nitrogen and oxygen atoms in total. The smallest absolute Gasteiger partial charge is 0.344 e. The number of carbonyl (C=O) groups is 2. The molecule has 0 spiro atoms. The molecule has 0 bridgehead atoms. The van der Waals surface area contributed by atoms with Gasteiger partial charge in [0, 0.05) is 6.54 Å². The molecule has 1 heterocycles. The maximum atomic E-state index is 12.8. The van der Waals surface area contributed by atoms with Gasteiger partial charge >= 0.3 is 11.7 Å². The van der Waals surface area contributed by atoms with Crippen LogP contribution in [0.3, 0.4) is 0 Å². The van der Waals surface area contributed by atoms with E-state index in [-0.39, 0.29) is 24.6 Å². The van der Waals surface area contributed by atoms with Crippen LogP contribution in [0, 0.1) is 0 Å². The van der Waals surface area contributed by atoms with Crippen molar-refractivity contribution in [3.63, 3.8) is 0 Å². The number of methoxy groups -OCH3 is 1. The molecule has 3 aromatic rings. The van der Waals surface area contributed by atoms with E-state index >= 15 is 0 Å². The molecule has 0 saturated carbocycles. The lowest BCUT2D eigenvalue weighted by Gasteiger charge is -2.23. The van der Waals surface area contributed by atoms with Gasteiger partial charge in [0.05, 0.1) is 13.7 Å². The fraction of sp³-hybridized carbons (Fsp3) is 0.250. The van der Waals surface area contributed by atoms with Crippen molar-refractivity contribution in [3.8, 4) is 11.5 Å². The number of nitrogen functional groups attached to an aromatic ring is 1. The minimum Gasteiger partial charge on any atom is -0.497 e. The number of nitrogens with two attached hydrogens (primary N) is 1. The maximum Gasteiger partial charge on any atom is 0.344 e. The van der Waals surface area contributed by atoms with Gasteiger partial charge in [0.15, 0.2) is 18.9 Å². The van der Waals surface area contributed by atoms with Gasteiger partial charge in [-0.3, -0.25) is 19.1 Å². The molecule has 2 aromatic carbocycles. The lowest BCUT2D eigenvalue weighted by Crippen LogP contribution is -2.42.